The Kier molecular flexibility index (Phi) is 3.26. The third kappa shape index (κ3) is 2.46. The van der Waals surface area contributed by atoms with E-state index in [0.29, 0.717) is 23.3 Å². The first-order valence-corrected chi connectivity index (χ1v) is 5.68. The largest absolute Gasteiger partial charge is 0.483 e. The van der Waals surface area contributed by atoms with Gasteiger partial charge in [-0.3, -0.25) is 4.79 Å². The van der Waals surface area contributed by atoms with Gasteiger partial charge in [-0.15, -0.1) is 0 Å². The van der Waals surface area contributed by atoms with E-state index in [4.69, 9.17) is 9.47 Å². The topological polar surface area (TPSA) is 55.8 Å². The number of carbonyl (C=O) groups is 1. The first kappa shape index (κ1) is 12.8. The van der Waals surface area contributed by atoms with E-state index in [9.17, 15) is 14.3 Å². The number of halogens is 1. The number of ether oxygens (including phenoxy) is 2. The van der Waals surface area contributed by atoms with Gasteiger partial charge >= 0.3 is 5.97 Å². The maximum atomic E-state index is 13.3. The predicted molar refractivity (Wildman–Crippen MR) is 61.7 cm³/mol. The molecule has 1 aromatic rings. The number of hydrogen-bond donors (Lipinski definition) is 1. The van der Waals surface area contributed by atoms with Crippen molar-refractivity contribution in [1.82, 2.24) is 0 Å². The number of aliphatic hydroxyl groups is 1. The van der Waals surface area contributed by atoms with Crippen molar-refractivity contribution < 1.29 is 23.8 Å². The Balaban J connectivity index is 2.23. The molecule has 0 saturated carbocycles. The SMILES string of the molecule is CC(=O)OCC1(C)Cc2cc(F)cc(CO)c2O1. The molecule has 0 bridgehead atoms. The maximum absolute atomic E-state index is 13.3. The van der Waals surface area contributed by atoms with E-state index in [1.54, 1.807) is 6.92 Å². The van der Waals surface area contributed by atoms with E-state index < -0.39 is 11.4 Å². The molecule has 1 N–H and O–H groups in total. The number of hydrogen-bond acceptors (Lipinski definition) is 4. The van der Waals surface area contributed by atoms with E-state index in [1.165, 1.54) is 19.1 Å². The molecule has 4 nitrogen and oxygen atoms in total. The van der Waals surface area contributed by atoms with E-state index in [2.05, 4.69) is 0 Å². The summed E-state index contributed by atoms with van der Waals surface area (Å²) in [6.07, 6.45) is 0.445. The Hall–Kier alpha value is -1.62. The normalized spacial score (nSPS) is 21.3. The van der Waals surface area contributed by atoms with Gasteiger partial charge in [0.25, 0.3) is 0 Å². The fourth-order valence-corrected chi connectivity index (χ4v) is 2.11. The Morgan fingerprint density at radius 3 is 2.94 bits per heavy atom. The highest BCUT2D eigenvalue weighted by molar-refractivity contribution is 5.66. The molecule has 1 atom stereocenters. The van der Waals surface area contributed by atoms with Crippen molar-refractivity contribution in [1.29, 1.82) is 0 Å². The molecular weight excluding hydrogens is 239 g/mol. The Morgan fingerprint density at radius 2 is 2.33 bits per heavy atom. The van der Waals surface area contributed by atoms with Gasteiger partial charge in [-0.1, -0.05) is 0 Å². The predicted octanol–water partition coefficient (Wildman–Crippen LogP) is 1.57. The fourth-order valence-electron chi connectivity index (χ4n) is 2.11. The van der Waals surface area contributed by atoms with E-state index in [0.717, 1.165) is 0 Å². The highest BCUT2D eigenvalue weighted by atomic mass is 19.1. The summed E-state index contributed by atoms with van der Waals surface area (Å²) in [6, 6.07) is 2.63. The summed E-state index contributed by atoms with van der Waals surface area (Å²) in [5.41, 5.74) is 0.399. The maximum Gasteiger partial charge on any atom is 0.302 e. The monoisotopic (exact) mass is 254 g/mol. The molecule has 0 aliphatic carbocycles. The van der Waals surface area contributed by atoms with E-state index >= 15 is 0 Å². The quantitative estimate of drug-likeness (QED) is 0.832. The minimum absolute atomic E-state index is 0.101. The zero-order valence-electron chi connectivity index (χ0n) is 10.3. The third-order valence-corrected chi connectivity index (χ3v) is 2.87. The number of aliphatic hydroxyl groups excluding tert-OH is 1. The Morgan fingerprint density at radius 1 is 1.61 bits per heavy atom. The van der Waals surface area contributed by atoms with Crippen LogP contribution in [-0.2, 0) is 22.6 Å². The molecule has 0 aromatic heterocycles. The summed E-state index contributed by atoms with van der Waals surface area (Å²) >= 11 is 0. The number of rotatable bonds is 3. The highest BCUT2D eigenvalue weighted by Gasteiger charge is 2.37. The lowest BCUT2D eigenvalue weighted by molar-refractivity contribution is -0.146. The molecule has 0 saturated heterocycles. The summed E-state index contributed by atoms with van der Waals surface area (Å²) in [7, 11) is 0. The fraction of sp³-hybridized carbons (Fsp3) is 0.462. The van der Waals surface area contributed by atoms with Gasteiger partial charge in [0, 0.05) is 24.5 Å². The molecule has 18 heavy (non-hydrogen) atoms. The second-order valence-corrected chi connectivity index (χ2v) is 4.72. The first-order valence-electron chi connectivity index (χ1n) is 5.68. The van der Waals surface area contributed by atoms with Crippen LogP contribution < -0.4 is 4.74 Å². The van der Waals surface area contributed by atoms with Crippen LogP contribution >= 0.6 is 0 Å². The van der Waals surface area contributed by atoms with Crippen LogP contribution in [-0.4, -0.2) is 23.3 Å². The summed E-state index contributed by atoms with van der Waals surface area (Å²) < 4.78 is 24.0. The molecule has 5 heteroatoms. The van der Waals surface area contributed by atoms with E-state index in [-0.39, 0.29) is 19.2 Å². The van der Waals surface area contributed by atoms with Crippen molar-refractivity contribution in [3.05, 3.63) is 29.1 Å². The molecule has 0 spiro atoms. The lowest BCUT2D eigenvalue weighted by atomic mass is 9.99. The van der Waals surface area contributed by atoms with Gasteiger partial charge in [-0.05, 0) is 19.1 Å². The first-order chi connectivity index (χ1) is 8.43. The van der Waals surface area contributed by atoms with Crippen LogP contribution in [0.5, 0.6) is 5.75 Å². The smallest absolute Gasteiger partial charge is 0.302 e. The summed E-state index contributed by atoms with van der Waals surface area (Å²) in [5.74, 6) is -0.295. The van der Waals surface area contributed by atoms with Gasteiger partial charge in [0.05, 0.1) is 6.61 Å². The van der Waals surface area contributed by atoms with Crippen LogP contribution in [0, 0.1) is 5.82 Å². The molecule has 1 aliphatic rings. The van der Waals surface area contributed by atoms with Crippen molar-refractivity contribution in [2.45, 2.75) is 32.5 Å². The van der Waals surface area contributed by atoms with Gasteiger partial charge in [0.2, 0.25) is 0 Å². The molecule has 1 aromatic carbocycles. The number of carbonyl (C=O) groups excluding carboxylic acids is 1. The molecular formula is C13H15FO4. The van der Waals surface area contributed by atoms with E-state index in [1.807, 2.05) is 0 Å². The van der Waals surface area contributed by atoms with Crippen molar-refractivity contribution in [2.75, 3.05) is 6.61 Å². The third-order valence-electron chi connectivity index (χ3n) is 2.87. The van der Waals surface area contributed by atoms with Crippen molar-refractivity contribution in [2.24, 2.45) is 0 Å². The van der Waals surface area contributed by atoms with Gasteiger partial charge in [-0.2, -0.15) is 0 Å². The van der Waals surface area contributed by atoms with Crippen LogP contribution in [0.2, 0.25) is 0 Å². The average Bonchev–Trinajstić information content (AvgIpc) is 2.62. The zero-order valence-corrected chi connectivity index (χ0v) is 10.3. The number of esters is 1. The minimum Gasteiger partial charge on any atom is -0.483 e. The zero-order chi connectivity index (χ0) is 13.3. The second kappa shape index (κ2) is 4.57. The molecule has 2 rings (SSSR count). The second-order valence-electron chi connectivity index (χ2n) is 4.72. The van der Waals surface area contributed by atoms with Crippen LogP contribution in [0.1, 0.15) is 25.0 Å². The molecule has 1 unspecified atom stereocenters. The van der Waals surface area contributed by atoms with Crippen LogP contribution in [0.3, 0.4) is 0 Å². The summed E-state index contributed by atoms with van der Waals surface area (Å²) in [4.78, 5) is 10.8. The van der Waals surface area contributed by atoms with Crippen molar-refractivity contribution in [3.8, 4) is 5.75 Å². The average molecular weight is 254 g/mol. The van der Waals surface area contributed by atoms with Crippen molar-refractivity contribution in [3.63, 3.8) is 0 Å². The van der Waals surface area contributed by atoms with Crippen LogP contribution in [0.25, 0.3) is 0 Å². The highest BCUT2D eigenvalue weighted by Crippen LogP contribution is 2.38. The van der Waals surface area contributed by atoms with Gasteiger partial charge in [0.1, 0.15) is 23.8 Å². The summed E-state index contributed by atoms with van der Waals surface area (Å²) in [6.45, 7) is 2.92. The Bertz CT molecular complexity index is 486. The minimum atomic E-state index is -0.703. The number of fused-ring (bicyclic) bond motifs is 1. The number of benzene rings is 1. The molecule has 1 aliphatic heterocycles. The molecule has 0 radical (unpaired) electrons. The van der Waals surface area contributed by atoms with Crippen molar-refractivity contribution >= 4 is 5.97 Å². The lowest BCUT2D eigenvalue weighted by Crippen LogP contribution is -2.36. The van der Waals surface area contributed by atoms with Gasteiger partial charge in [-0.25, -0.2) is 4.39 Å². The molecule has 98 valence electrons. The van der Waals surface area contributed by atoms with Gasteiger partial charge < -0.3 is 14.6 Å². The molecule has 0 amide bonds. The molecule has 0 fully saturated rings. The van der Waals surface area contributed by atoms with Crippen LogP contribution in [0.4, 0.5) is 4.39 Å². The molecule has 1 heterocycles. The Labute approximate surface area is 104 Å². The lowest BCUT2D eigenvalue weighted by Gasteiger charge is -2.23. The standard InChI is InChI=1S/C13H15FO4/c1-8(16)17-7-13(2)5-9-3-11(14)4-10(6-15)12(9)18-13/h3-4,15H,5-7H2,1-2H3. The van der Waals surface area contributed by atoms with Crippen LogP contribution in [0.15, 0.2) is 12.1 Å². The van der Waals surface area contributed by atoms with Gasteiger partial charge in [0.15, 0.2) is 0 Å². The summed E-state index contributed by atoms with van der Waals surface area (Å²) in [5, 5.41) is 9.18.